The minimum atomic E-state index is 0.498. The van der Waals surface area contributed by atoms with Gasteiger partial charge in [-0.2, -0.15) is 5.10 Å². The van der Waals surface area contributed by atoms with Crippen molar-refractivity contribution >= 4 is 11.7 Å². The number of hydrogen-bond acceptors (Lipinski definition) is 4. The fourth-order valence-electron chi connectivity index (χ4n) is 2.92. The number of rotatable bonds is 2. The number of piperidine rings is 1. The van der Waals surface area contributed by atoms with E-state index in [9.17, 15) is 0 Å². The van der Waals surface area contributed by atoms with Crippen LogP contribution in [0.5, 0.6) is 0 Å². The topological polar surface area (TPSA) is 95.5 Å². The fraction of sp³-hybridized carbons (Fsp3) is 0.583. The van der Waals surface area contributed by atoms with Gasteiger partial charge < -0.3 is 21.8 Å². The Morgan fingerprint density at radius 3 is 3.00 bits per heavy atom. The zero-order valence-corrected chi connectivity index (χ0v) is 10.4. The molecular weight excluding hydrogens is 228 g/mol. The number of amidine groups is 1. The molecule has 3 heterocycles. The summed E-state index contributed by atoms with van der Waals surface area (Å²) < 4.78 is 0. The molecule has 98 valence electrons. The summed E-state index contributed by atoms with van der Waals surface area (Å²) in [6.07, 6.45) is 2.97. The maximum absolute atomic E-state index is 6.00. The van der Waals surface area contributed by atoms with Gasteiger partial charge in [0.25, 0.3) is 0 Å². The van der Waals surface area contributed by atoms with E-state index in [1.807, 2.05) is 6.07 Å². The summed E-state index contributed by atoms with van der Waals surface area (Å²) >= 11 is 0. The SMILES string of the molecule is NC(=NN1CCC2CNCC2C1)c1cc[nH]c1N. The second-order valence-electron chi connectivity index (χ2n) is 5.17. The summed E-state index contributed by atoms with van der Waals surface area (Å²) in [6, 6.07) is 1.86. The second kappa shape index (κ2) is 4.53. The normalized spacial score (nSPS) is 28.4. The third kappa shape index (κ3) is 2.03. The van der Waals surface area contributed by atoms with Crippen LogP contribution >= 0.6 is 0 Å². The lowest BCUT2D eigenvalue weighted by molar-refractivity contribution is 0.154. The highest BCUT2D eigenvalue weighted by molar-refractivity contribution is 6.01. The van der Waals surface area contributed by atoms with Crippen molar-refractivity contribution in [2.75, 3.05) is 31.9 Å². The predicted octanol–water partition coefficient (Wildman–Crippen LogP) is -0.241. The summed E-state index contributed by atoms with van der Waals surface area (Å²) in [6.45, 7) is 4.22. The number of aromatic amines is 1. The van der Waals surface area contributed by atoms with Crippen molar-refractivity contribution in [1.29, 1.82) is 0 Å². The summed E-state index contributed by atoms with van der Waals surface area (Å²) in [5, 5.41) is 10.0. The number of nitrogens with two attached hydrogens (primary N) is 2. The molecule has 2 aliphatic heterocycles. The van der Waals surface area contributed by atoms with Gasteiger partial charge in [0.1, 0.15) is 5.82 Å². The van der Waals surface area contributed by atoms with Gasteiger partial charge in [-0.25, -0.2) is 0 Å². The molecule has 1 aromatic heterocycles. The molecular formula is C12H20N6. The molecule has 0 radical (unpaired) electrons. The monoisotopic (exact) mass is 248 g/mol. The van der Waals surface area contributed by atoms with E-state index < -0.39 is 0 Å². The Bertz CT molecular complexity index is 451. The van der Waals surface area contributed by atoms with E-state index in [-0.39, 0.29) is 0 Å². The molecule has 6 nitrogen and oxygen atoms in total. The number of fused-ring (bicyclic) bond motifs is 1. The molecule has 2 fully saturated rings. The van der Waals surface area contributed by atoms with Crippen LogP contribution in [0.25, 0.3) is 0 Å². The van der Waals surface area contributed by atoms with Crippen molar-refractivity contribution in [1.82, 2.24) is 15.3 Å². The molecule has 2 unspecified atom stereocenters. The van der Waals surface area contributed by atoms with Gasteiger partial charge in [0.15, 0.2) is 5.84 Å². The lowest BCUT2D eigenvalue weighted by atomic mass is 9.89. The molecule has 6 heteroatoms. The zero-order valence-electron chi connectivity index (χ0n) is 10.4. The van der Waals surface area contributed by atoms with Gasteiger partial charge in [-0.05, 0) is 30.9 Å². The first-order valence-electron chi connectivity index (χ1n) is 6.47. The Kier molecular flexibility index (Phi) is 2.87. The van der Waals surface area contributed by atoms with Gasteiger partial charge in [-0.1, -0.05) is 0 Å². The van der Waals surface area contributed by atoms with Crippen LogP contribution in [0.1, 0.15) is 12.0 Å². The van der Waals surface area contributed by atoms with Gasteiger partial charge >= 0.3 is 0 Å². The Balaban J connectivity index is 1.70. The molecule has 0 spiro atoms. The highest BCUT2D eigenvalue weighted by atomic mass is 15.5. The number of nitrogens with zero attached hydrogens (tertiary/aromatic N) is 2. The van der Waals surface area contributed by atoms with Crippen LogP contribution in [0.15, 0.2) is 17.4 Å². The number of nitrogen functional groups attached to an aromatic ring is 1. The van der Waals surface area contributed by atoms with Gasteiger partial charge in [-0.15, -0.1) is 0 Å². The van der Waals surface area contributed by atoms with E-state index in [0.717, 1.165) is 37.7 Å². The van der Waals surface area contributed by atoms with Crippen molar-refractivity contribution in [2.24, 2.45) is 22.7 Å². The molecule has 2 saturated heterocycles. The first-order chi connectivity index (χ1) is 8.74. The number of nitrogens with one attached hydrogen (secondary N) is 2. The molecule has 2 atom stereocenters. The molecule has 18 heavy (non-hydrogen) atoms. The van der Waals surface area contributed by atoms with Crippen LogP contribution in [0, 0.1) is 11.8 Å². The highest BCUT2D eigenvalue weighted by Crippen LogP contribution is 2.26. The first kappa shape index (κ1) is 11.4. The van der Waals surface area contributed by atoms with E-state index >= 15 is 0 Å². The minimum absolute atomic E-state index is 0.498. The third-order valence-corrected chi connectivity index (χ3v) is 3.99. The largest absolute Gasteiger partial charge is 0.385 e. The van der Waals surface area contributed by atoms with Crippen LogP contribution in [0.3, 0.4) is 0 Å². The van der Waals surface area contributed by atoms with Crippen LogP contribution in [-0.2, 0) is 0 Å². The van der Waals surface area contributed by atoms with Gasteiger partial charge in [0, 0.05) is 25.8 Å². The first-order valence-corrected chi connectivity index (χ1v) is 6.47. The standard InChI is InChI=1S/C12H20N6/c13-11-10(1-3-16-11)12(14)17-18-4-2-8-5-15-6-9(8)7-18/h1,3,8-9,15-16H,2,4-7,13H2,(H2,14,17). The molecule has 0 aliphatic carbocycles. The van der Waals surface area contributed by atoms with Gasteiger partial charge in [0.2, 0.25) is 0 Å². The van der Waals surface area contributed by atoms with Crippen LogP contribution < -0.4 is 16.8 Å². The third-order valence-electron chi connectivity index (χ3n) is 3.99. The van der Waals surface area contributed by atoms with Crippen molar-refractivity contribution in [3.05, 3.63) is 17.8 Å². The molecule has 0 aromatic carbocycles. The van der Waals surface area contributed by atoms with E-state index in [2.05, 4.69) is 20.4 Å². The van der Waals surface area contributed by atoms with Gasteiger partial charge in [0.05, 0.1) is 5.56 Å². The number of hydrazone groups is 1. The second-order valence-corrected chi connectivity index (χ2v) is 5.17. The average molecular weight is 248 g/mol. The smallest absolute Gasteiger partial charge is 0.154 e. The molecule has 0 bridgehead atoms. The zero-order chi connectivity index (χ0) is 12.5. The fourth-order valence-corrected chi connectivity index (χ4v) is 2.92. The van der Waals surface area contributed by atoms with E-state index in [1.165, 1.54) is 6.42 Å². The van der Waals surface area contributed by atoms with Crippen molar-refractivity contribution in [3.8, 4) is 0 Å². The predicted molar refractivity (Wildman–Crippen MR) is 72.0 cm³/mol. The minimum Gasteiger partial charge on any atom is -0.385 e. The maximum Gasteiger partial charge on any atom is 0.154 e. The van der Waals surface area contributed by atoms with Crippen LogP contribution in [-0.4, -0.2) is 42.0 Å². The lowest BCUT2D eigenvalue weighted by Gasteiger charge is -2.32. The Hall–Kier alpha value is -1.69. The number of H-pyrrole nitrogens is 1. The van der Waals surface area contributed by atoms with Crippen molar-refractivity contribution < 1.29 is 0 Å². The van der Waals surface area contributed by atoms with Crippen LogP contribution in [0.4, 0.5) is 5.82 Å². The number of hydrogen-bond donors (Lipinski definition) is 4. The van der Waals surface area contributed by atoms with E-state index in [0.29, 0.717) is 17.6 Å². The maximum atomic E-state index is 6.00. The van der Waals surface area contributed by atoms with Crippen LogP contribution in [0.2, 0.25) is 0 Å². The van der Waals surface area contributed by atoms with E-state index in [4.69, 9.17) is 11.5 Å². The Morgan fingerprint density at radius 2 is 2.22 bits per heavy atom. The Labute approximate surface area is 106 Å². The average Bonchev–Trinajstić information content (AvgIpc) is 2.96. The quantitative estimate of drug-likeness (QED) is 0.429. The highest BCUT2D eigenvalue weighted by Gasteiger charge is 2.32. The summed E-state index contributed by atoms with van der Waals surface area (Å²) in [4.78, 5) is 2.91. The molecule has 1 aromatic rings. The molecule has 2 aliphatic rings. The molecule has 3 rings (SSSR count). The summed E-state index contributed by atoms with van der Waals surface area (Å²) in [5.41, 5.74) is 12.6. The summed E-state index contributed by atoms with van der Waals surface area (Å²) in [5.74, 6) is 2.60. The lowest BCUT2D eigenvalue weighted by Crippen LogP contribution is -2.38. The molecule has 0 saturated carbocycles. The van der Waals surface area contributed by atoms with Crippen molar-refractivity contribution in [2.45, 2.75) is 6.42 Å². The Morgan fingerprint density at radius 1 is 1.39 bits per heavy atom. The summed E-state index contributed by atoms with van der Waals surface area (Å²) in [7, 11) is 0. The molecule has 6 N–H and O–H groups in total. The van der Waals surface area contributed by atoms with E-state index in [1.54, 1.807) is 6.20 Å². The number of anilines is 1. The van der Waals surface area contributed by atoms with Crippen molar-refractivity contribution in [3.63, 3.8) is 0 Å². The number of aromatic nitrogens is 1. The molecule has 0 amide bonds. The van der Waals surface area contributed by atoms with Gasteiger partial charge in [-0.3, -0.25) is 5.01 Å².